The summed E-state index contributed by atoms with van der Waals surface area (Å²) in [6.07, 6.45) is 3.91. The Bertz CT molecular complexity index is 431. The smallest absolute Gasteiger partial charge is 0.0586 e. The van der Waals surface area contributed by atoms with Crippen LogP contribution in [0.1, 0.15) is 32.9 Å². The van der Waals surface area contributed by atoms with Gasteiger partial charge < -0.3 is 15.5 Å². The van der Waals surface area contributed by atoms with Gasteiger partial charge in [-0.2, -0.15) is 0 Å². The Morgan fingerprint density at radius 1 is 1.56 bits per heavy atom. The maximum atomic E-state index is 7.88. The second-order valence-electron chi connectivity index (χ2n) is 3.94. The summed E-state index contributed by atoms with van der Waals surface area (Å²) in [6, 6.07) is 1.83. The summed E-state index contributed by atoms with van der Waals surface area (Å²) in [4.78, 5) is 3.05. The Labute approximate surface area is 114 Å². The van der Waals surface area contributed by atoms with Gasteiger partial charge in [-0.3, -0.25) is 0 Å². The number of allylic oxidation sites excluding steroid dienone is 3. The molecular formula is C14H21ClN2O. The van der Waals surface area contributed by atoms with Crippen LogP contribution in [0.3, 0.4) is 0 Å². The SMILES string of the molecule is C=C(C)/C(=C(\C)C=N)c1cc(Cl)c[nH]1.CCCO. The zero-order valence-electron chi connectivity index (χ0n) is 11.2. The molecule has 0 unspecified atom stereocenters. The number of nitrogens with one attached hydrogen (secondary N) is 2. The molecule has 0 aliphatic rings. The van der Waals surface area contributed by atoms with Gasteiger partial charge in [-0.05, 0) is 37.5 Å². The van der Waals surface area contributed by atoms with Gasteiger partial charge >= 0.3 is 0 Å². The first-order valence-electron chi connectivity index (χ1n) is 5.80. The third-order valence-corrected chi connectivity index (χ3v) is 2.40. The molecule has 4 heteroatoms. The molecule has 0 aliphatic carbocycles. The van der Waals surface area contributed by atoms with E-state index in [9.17, 15) is 0 Å². The van der Waals surface area contributed by atoms with E-state index in [-0.39, 0.29) is 0 Å². The number of aromatic nitrogens is 1. The Hall–Kier alpha value is -1.32. The minimum atomic E-state index is 0.319. The molecule has 1 heterocycles. The van der Waals surface area contributed by atoms with Crippen molar-refractivity contribution in [2.75, 3.05) is 6.61 Å². The Morgan fingerprint density at radius 3 is 2.39 bits per heavy atom. The van der Waals surface area contributed by atoms with Crippen molar-refractivity contribution in [3.8, 4) is 0 Å². The van der Waals surface area contributed by atoms with Crippen LogP contribution in [0.4, 0.5) is 0 Å². The van der Waals surface area contributed by atoms with Gasteiger partial charge in [0.05, 0.1) is 5.02 Å². The van der Waals surface area contributed by atoms with Crippen LogP contribution in [-0.4, -0.2) is 22.9 Å². The molecule has 0 atom stereocenters. The lowest BCUT2D eigenvalue weighted by atomic mass is 10.0. The number of hydrogen-bond acceptors (Lipinski definition) is 2. The van der Waals surface area contributed by atoms with Crippen molar-refractivity contribution in [3.05, 3.63) is 40.7 Å². The van der Waals surface area contributed by atoms with E-state index in [2.05, 4.69) is 11.6 Å². The topological polar surface area (TPSA) is 59.9 Å². The van der Waals surface area contributed by atoms with Crippen LogP contribution < -0.4 is 0 Å². The van der Waals surface area contributed by atoms with Crippen molar-refractivity contribution in [3.63, 3.8) is 0 Å². The molecule has 100 valence electrons. The zero-order chi connectivity index (χ0) is 14.1. The summed E-state index contributed by atoms with van der Waals surface area (Å²) in [5.41, 5.74) is 3.65. The fourth-order valence-electron chi connectivity index (χ4n) is 1.36. The van der Waals surface area contributed by atoms with Gasteiger partial charge in [-0.1, -0.05) is 25.1 Å². The van der Waals surface area contributed by atoms with Crippen LogP contribution in [0.5, 0.6) is 0 Å². The highest BCUT2D eigenvalue weighted by atomic mass is 35.5. The molecule has 0 aromatic carbocycles. The molecule has 18 heavy (non-hydrogen) atoms. The monoisotopic (exact) mass is 268 g/mol. The van der Waals surface area contributed by atoms with Crippen molar-refractivity contribution in [2.45, 2.75) is 27.2 Å². The summed E-state index contributed by atoms with van der Waals surface area (Å²) in [5.74, 6) is 0. The first-order valence-corrected chi connectivity index (χ1v) is 6.18. The van der Waals surface area contributed by atoms with E-state index in [0.29, 0.717) is 11.6 Å². The molecule has 0 saturated heterocycles. The minimum absolute atomic E-state index is 0.319. The van der Waals surface area contributed by atoms with Crippen LogP contribution in [0, 0.1) is 5.41 Å². The highest BCUT2D eigenvalue weighted by Crippen LogP contribution is 2.25. The van der Waals surface area contributed by atoms with Gasteiger partial charge in [-0.25, -0.2) is 0 Å². The molecule has 0 amide bonds. The standard InChI is InChI=1S/C11H13ClN2.C3H8O/c1-7(2)11(8(3)5-13)10-4-9(12)6-14-10;1-2-3-4/h4-6,13-14H,1H2,2-3H3;4H,2-3H2,1H3/b11-8-,13-5?;. The van der Waals surface area contributed by atoms with Gasteiger partial charge in [0.15, 0.2) is 0 Å². The number of rotatable bonds is 4. The molecule has 0 spiro atoms. The highest BCUT2D eigenvalue weighted by Gasteiger charge is 2.07. The van der Waals surface area contributed by atoms with Gasteiger partial charge in [0.2, 0.25) is 0 Å². The average molecular weight is 269 g/mol. The normalized spacial score (nSPS) is 11.2. The third-order valence-electron chi connectivity index (χ3n) is 2.18. The Morgan fingerprint density at radius 2 is 2.11 bits per heavy atom. The lowest BCUT2D eigenvalue weighted by Gasteiger charge is -2.06. The van der Waals surface area contributed by atoms with Gasteiger partial charge in [0.25, 0.3) is 0 Å². The molecule has 3 nitrogen and oxygen atoms in total. The van der Waals surface area contributed by atoms with Crippen molar-refractivity contribution in [1.29, 1.82) is 5.41 Å². The van der Waals surface area contributed by atoms with Gasteiger partial charge in [-0.15, -0.1) is 0 Å². The van der Waals surface area contributed by atoms with Crippen LogP contribution in [0.2, 0.25) is 5.02 Å². The lowest BCUT2D eigenvalue weighted by Crippen LogP contribution is -1.91. The van der Waals surface area contributed by atoms with E-state index < -0.39 is 0 Å². The third kappa shape index (κ3) is 5.34. The fourth-order valence-corrected chi connectivity index (χ4v) is 1.53. The maximum absolute atomic E-state index is 7.88. The predicted octanol–water partition coefficient (Wildman–Crippen LogP) is 4.06. The van der Waals surface area contributed by atoms with Gasteiger partial charge in [0.1, 0.15) is 0 Å². The molecule has 1 aromatic heterocycles. The Balaban J connectivity index is 0.000000631. The molecule has 0 bridgehead atoms. The first-order chi connectivity index (χ1) is 8.47. The summed E-state index contributed by atoms with van der Waals surface area (Å²) < 4.78 is 0. The average Bonchev–Trinajstić information content (AvgIpc) is 2.75. The van der Waals surface area contributed by atoms with Crippen LogP contribution in [0.25, 0.3) is 5.57 Å². The summed E-state index contributed by atoms with van der Waals surface area (Å²) in [6.45, 7) is 9.93. The second-order valence-corrected chi connectivity index (χ2v) is 4.37. The number of aromatic amines is 1. The number of halogens is 1. The molecule has 0 radical (unpaired) electrons. The molecule has 1 rings (SSSR count). The number of aliphatic hydroxyl groups excluding tert-OH is 1. The van der Waals surface area contributed by atoms with Crippen molar-refractivity contribution < 1.29 is 5.11 Å². The van der Waals surface area contributed by atoms with Gasteiger partial charge in [0, 0.05) is 30.3 Å². The van der Waals surface area contributed by atoms with Crippen molar-refractivity contribution in [2.24, 2.45) is 0 Å². The van der Waals surface area contributed by atoms with E-state index in [1.807, 2.05) is 26.8 Å². The van der Waals surface area contributed by atoms with Crippen molar-refractivity contribution >= 4 is 23.4 Å². The fraction of sp³-hybridized carbons (Fsp3) is 0.357. The number of aliphatic hydroxyl groups is 1. The molecule has 3 N–H and O–H groups in total. The van der Waals surface area contributed by atoms with Crippen molar-refractivity contribution in [1.82, 2.24) is 4.98 Å². The summed E-state index contributed by atoms with van der Waals surface area (Å²) in [5, 5.41) is 15.8. The minimum Gasteiger partial charge on any atom is -0.396 e. The largest absolute Gasteiger partial charge is 0.396 e. The molecule has 0 fully saturated rings. The van der Waals surface area contributed by atoms with Crippen LogP contribution in [0.15, 0.2) is 30.0 Å². The van der Waals surface area contributed by atoms with E-state index in [4.69, 9.17) is 22.1 Å². The summed E-state index contributed by atoms with van der Waals surface area (Å²) in [7, 11) is 0. The number of H-pyrrole nitrogens is 1. The van der Waals surface area contributed by atoms with Crippen LogP contribution >= 0.6 is 11.6 Å². The molecule has 0 aliphatic heterocycles. The van der Waals surface area contributed by atoms with E-state index in [0.717, 1.165) is 28.8 Å². The molecule has 0 saturated carbocycles. The second kappa shape index (κ2) is 8.72. The van der Waals surface area contributed by atoms with E-state index in [1.54, 1.807) is 6.20 Å². The quantitative estimate of drug-likeness (QED) is 0.560. The maximum Gasteiger partial charge on any atom is 0.0586 e. The lowest BCUT2D eigenvalue weighted by molar-refractivity contribution is 0.295. The first kappa shape index (κ1) is 16.7. The van der Waals surface area contributed by atoms with E-state index in [1.165, 1.54) is 6.21 Å². The zero-order valence-corrected chi connectivity index (χ0v) is 11.9. The Kier molecular flexibility index (Phi) is 8.08. The summed E-state index contributed by atoms with van der Waals surface area (Å²) >= 11 is 5.82. The molecular weight excluding hydrogens is 248 g/mol. The predicted molar refractivity (Wildman–Crippen MR) is 79.4 cm³/mol. The molecule has 1 aromatic rings. The van der Waals surface area contributed by atoms with Crippen LogP contribution in [-0.2, 0) is 0 Å². The number of hydrogen-bond donors (Lipinski definition) is 3. The highest BCUT2D eigenvalue weighted by molar-refractivity contribution is 6.30. The van der Waals surface area contributed by atoms with E-state index >= 15 is 0 Å².